The maximum Gasteiger partial charge on any atom is 0.348 e. The van der Waals surface area contributed by atoms with E-state index in [-0.39, 0.29) is 29.6 Å². The van der Waals surface area contributed by atoms with E-state index in [0.29, 0.717) is 6.54 Å². The van der Waals surface area contributed by atoms with Gasteiger partial charge in [-0.1, -0.05) is 0 Å². The second-order valence-corrected chi connectivity index (χ2v) is 7.68. The van der Waals surface area contributed by atoms with Crippen molar-refractivity contribution >= 4 is 11.9 Å². The van der Waals surface area contributed by atoms with E-state index in [1.54, 1.807) is 20.8 Å². The Hall–Kier alpha value is -2.35. The van der Waals surface area contributed by atoms with Crippen molar-refractivity contribution in [3.63, 3.8) is 0 Å². The maximum atomic E-state index is 12.8. The Morgan fingerprint density at radius 1 is 1.36 bits per heavy atom. The van der Waals surface area contributed by atoms with Crippen molar-refractivity contribution in [3.05, 3.63) is 23.8 Å². The largest absolute Gasteiger partial charge is 0.491 e. The molecule has 1 saturated heterocycles. The van der Waals surface area contributed by atoms with Crippen LogP contribution in [0.1, 0.15) is 44.0 Å². The number of alkyl halides is 1. The Bertz CT molecular complexity index is 682. The molecule has 156 valence electrons. The fraction of sp³-hybridized carbons (Fsp3) is 0.600. The first kappa shape index (κ1) is 21.9. The molecular weight excluding hydrogens is 369 g/mol. The molecule has 2 atom stereocenters. The molecule has 1 aromatic carbocycles. The fourth-order valence-corrected chi connectivity index (χ4v) is 2.99. The molecule has 1 aliphatic heterocycles. The molecule has 2 N–H and O–H groups in total. The van der Waals surface area contributed by atoms with E-state index < -0.39 is 30.3 Å². The van der Waals surface area contributed by atoms with Crippen LogP contribution in [0.4, 0.5) is 4.39 Å². The topological polar surface area (TPSA) is 94.1 Å². The average Bonchev–Trinajstić information content (AvgIpc) is 2.63. The van der Waals surface area contributed by atoms with Gasteiger partial charge in [-0.3, -0.25) is 0 Å². The second-order valence-electron chi connectivity index (χ2n) is 7.68. The van der Waals surface area contributed by atoms with E-state index in [2.05, 4.69) is 5.32 Å². The zero-order valence-electron chi connectivity index (χ0n) is 16.5. The number of carboxylic acids is 1. The quantitative estimate of drug-likeness (QED) is 0.652. The van der Waals surface area contributed by atoms with E-state index in [1.165, 1.54) is 18.2 Å². The number of aromatic carboxylic acids is 1. The number of benzene rings is 1. The molecular formula is C20H28FNO6. The highest BCUT2D eigenvalue weighted by Gasteiger charge is 2.36. The van der Waals surface area contributed by atoms with Crippen LogP contribution in [-0.4, -0.2) is 55.1 Å². The summed E-state index contributed by atoms with van der Waals surface area (Å²) in [5, 5.41) is 12.7. The van der Waals surface area contributed by atoms with Gasteiger partial charge in [0.15, 0.2) is 6.10 Å². The molecule has 0 amide bonds. The first-order valence-electron chi connectivity index (χ1n) is 9.37. The van der Waals surface area contributed by atoms with Crippen molar-refractivity contribution in [1.82, 2.24) is 5.32 Å². The van der Waals surface area contributed by atoms with Gasteiger partial charge in [-0.25, -0.2) is 14.0 Å². The smallest absolute Gasteiger partial charge is 0.348 e. The average molecular weight is 397 g/mol. The predicted octanol–water partition coefficient (Wildman–Crippen LogP) is 2.82. The molecule has 2 unspecified atom stereocenters. The number of halogens is 1. The number of carbonyl (C=O) groups excluding carboxylic acids is 1. The summed E-state index contributed by atoms with van der Waals surface area (Å²) in [6.07, 6.45) is 0.650. The SMILES string of the molecule is CC(C)(C)OC(=O)C(Oc1cc(OCCF)ccc1C(=O)O)C1CCCNC1. The molecule has 0 aliphatic carbocycles. The van der Waals surface area contributed by atoms with E-state index >= 15 is 0 Å². The van der Waals surface area contributed by atoms with Gasteiger partial charge in [-0.05, 0) is 52.3 Å². The van der Waals surface area contributed by atoms with Crippen LogP contribution < -0.4 is 14.8 Å². The lowest BCUT2D eigenvalue weighted by molar-refractivity contribution is -0.166. The highest BCUT2D eigenvalue weighted by molar-refractivity contribution is 5.91. The Balaban J connectivity index is 2.32. The third-order valence-corrected chi connectivity index (χ3v) is 4.19. The van der Waals surface area contributed by atoms with Gasteiger partial charge >= 0.3 is 11.9 Å². The van der Waals surface area contributed by atoms with E-state index in [0.717, 1.165) is 19.4 Å². The molecule has 1 heterocycles. The standard InChI is InChI=1S/C20H28FNO6/c1-20(2,3)28-19(25)17(13-5-4-9-22-12-13)27-16-11-14(26-10-8-21)6-7-15(16)18(23)24/h6-7,11,13,17,22H,4-5,8-10,12H2,1-3H3,(H,23,24). The maximum absolute atomic E-state index is 12.8. The van der Waals surface area contributed by atoms with Gasteiger partial charge in [0.2, 0.25) is 0 Å². The number of esters is 1. The summed E-state index contributed by atoms with van der Waals surface area (Å²) in [7, 11) is 0. The molecule has 1 fully saturated rings. The van der Waals surface area contributed by atoms with Crippen LogP contribution in [0.2, 0.25) is 0 Å². The Kier molecular flexibility index (Phi) is 7.62. The lowest BCUT2D eigenvalue weighted by atomic mass is 9.93. The summed E-state index contributed by atoms with van der Waals surface area (Å²) in [4.78, 5) is 24.4. The predicted molar refractivity (Wildman–Crippen MR) is 101 cm³/mol. The van der Waals surface area contributed by atoms with Crippen molar-refractivity contribution in [1.29, 1.82) is 0 Å². The third-order valence-electron chi connectivity index (χ3n) is 4.19. The van der Waals surface area contributed by atoms with E-state index in [4.69, 9.17) is 14.2 Å². The molecule has 0 bridgehead atoms. The van der Waals surface area contributed by atoms with Gasteiger partial charge in [0.1, 0.15) is 35.9 Å². The lowest BCUT2D eigenvalue weighted by Crippen LogP contribution is -2.46. The van der Waals surface area contributed by atoms with E-state index in [9.17, 15) is 19.1 Å². The van der Waals surface area contributed by atoms with Gasteiger partial charge in [-0.15, -0.1) is 0 Å². The number of carboxylic acid groups (broad SMARTS) is 1. The number of hydrogen-bond acceptors (Lipinski definition) is 6. The Labute approximate surface area is 164 Å². The molecule has 0 saturated carbocycles. The van der Waals surface area contributed by atoms with Crippen LogP contribution in [-0.2, 0) is 9.53 Å². The number of piperidine rings is 1. The zero-order chi connectivity index (χ0) is 20.7. The highest BCUT2D eigenvalue weighted by atomic mass is 19.1. The van der Waals surface area contributed by atoms with Crippen molar-refractivity contribution < 1.29 is 33.3 Å². The highest BCUT2D eigenvalue weighted by Crippen LogP contribution is 2.29. The third kappa shape index (κ3) is 6.37. The summed E-state index contributed by atoms with van der Waals surface area (Å²) >= 11 is 0. The number of carbonyl (C=O) groups is 2. The summed E-state index contributed by atoms with van der Waals surface area (Å²) < 4.78 is 29.0. The van der Waals surface area contributed by atoms with Crippen LogP contribution >= 0.6 is 0 Å². The number of ether oxygens (including phenoxy) is 3. The molecule has 2 rings (SSSR count). The summed E-state index contributed by atoms with van der Waals surface area (Å²) in [6.45, 7) is 5.85. The van der Waals surface area contributed by atoms with E-state index in [1.807, 2.05) is 0 Å². The number of nitrogens with one attached hydrogen (secondary N) is 1. The zero-order valence-corrected chi connectivity index (χ0v) is 16.5. The van der Waals surface area contributed by atoms with Crippen molar-refractivity contribution in [2.75, 3.05) is 26.4 Å². The van der Waals surface area contributed by atoms with Gasteiger partial charge < -0.3 is 24.6 Å². The van der Waals surface area contributed by atoms with Gasteiger partial charge in [0, 0.05) is 18.5 Å². The molecule has 7 nitrogen and oxygen atoms in total. The first-order valence-corrected chi connectivity index (χ1v) is 9.37. The minimum atomic E-state index is -1.20. The number of hydrogen-bond donors (Lipinski definition) is 2. The van der Waals surface area contributed by atoms with Crippen LogP contribution in [0.15, 0.2) is 18.2 Å². The van der Waals surface area contributed by atoms with Crippen LogP contribution in [0, 0.1) is 5.92 Å². The molecule has 1 aromatic rings. The van der Waals surface area contributed by atoms with Crippen molar-refractivity contribution in [2.45, 2.75) is 45.3 Å². The first-order chi connectivity index (χ1) is 13.2. The fourth-order valence-electron chi connectivity index (χ4n) is 2.99. The summed E-state index contributed by atoms with van der Waals surface area (Å²) in [5.41, 5.74) is -0.812. The molecule has 1 aliphatic rings. The number of rotatable bonds is 8. The summed E-state index contributed by atoms with van der Waals surface area (Å²) in [5.74, 6) is -1.65. The molecule has 0 radical (unpaired) electrons. The molecule has 0 aromatic heterocycles. The minimum Gasteiger partial charge on any atom is -0.491 e. The van der Waals surface area contributed by atoms with Crippen LogP contribution in [0.25, 0.3) is 0 Å². The molecule has 28 heavy (non-hydrogen) atoms. The van der Waals surface area contributed by atoms with Gasteiger partial charge in [0.25, 0.3) is 0 Å². The lowest BCUT2D eigenvalue weighted by Gasteiger charge is -2.32. The normalized spacial score (nSPS) is 18.2. The molecule has 0 spiro atoms. The van der Waals surface area contributed by atoms with Gasteiger partial charge in [0.05, 0.1) is 0 Å². The summed E-state index contributed by atoms with van der Waals surface area (Å²) in [6, 6.07) is 4.11. The Morgan fingerprint density at radius 2 is 2.11 bits per heavy atom. The second kappa shape index (κ2) is 9.73. The Morgan fingerprint density at radius 3 is 2.68 bits per heavy atom. The monoisotopic (exact) mass is 397 g/mol. The minimum absolute atomic E-state index is 0.00899. The van der Waals surface area contributed by atoms with Crippen LogP contribution in [0.3, 0.4) is 0 Å². The van der Waals surface area contributed by atoms with Crippen molar-refractivity contribution in [3.8, 4) is 11.5 Å². The van der Waals surface area contributed by atoms with Crippen LogP contribution in [0.5, 0.6) is 11.5 Å². The van der Waals surface area contributed by atoms with Crippen molar-refractivity contribution in [2.24, 2.45) is 5.92 Å². The van der Waals surface area contributed by atoms with Gasteiger partial charge in [-0.2, -0.15) is 0 Å². The molecule has 8 heteroatoms.